The SMILES string of the molecule is CCC1N/C(=N\C2N=C(c3cccs3)NC(c3ccccc3C(F)(F)F)=N2)c2ccccc21. The van der Waals surface area contributed by atoms with Gasteiger partial charge >= 0.3 is 6.18 Å². The Morgan fingerprint density at radius 3 is 2.39 bits per heavy atom. The van der Waals surface area contributed by atoms with E-state index in [2.05, 4.69) is 33.6 Å². The highest BCUT2D eigenvalue weighted by Gasteiger charge is 2.35. The molecule has 2 aliphatic rings. The number of amidine groups is 3. The van der Waals surface area contributed by atoms with Gasteiger partial charge in [0.25, 0.3) is 0 Å². The van der Waals surface area contributed by atoms with Crippen molar-refractivity contribution >= 4 is 28.8 Å². The summed E-state index contributed by atoms with van der Waals surface area (Å²) >= 11 is 1.44. The summed E-state index contributed by atoms with van der Waals surface area (Å²) in [5.41, 5.74) is 1.31. The molecule has 0 spiro atoms. The fourth-order valence-electron chi connectivity index (χ4n) is 3.99. The van der Waals surface area contributed by atoms with E-state index in [1.165, 1.54) is 23.5 Å². The molecule has 2 atom stereocenters. The average molecular weight is 468 g/mol. The normalized spacial score (nSPS) is 21.2. The molecule has 2 N–H and O–H groups in total. The van der Waals surface area contributed by atoms with Crippen LogP contribution in [0.1, 0.15) is 46.5 Å². The van der Waals surface area contributed by atoms with Crippen LogP contribution in [0.3, 0.4) is 0 Å². The Bertz CT molecular complexity index is 1260. The maximum atomic E-state index is 13.7. The number of aliphatic imine (C=N–C) groups is 3. The van der Waals surface area contributed by atoms with Gasteiger partial charge in [-0.25, -0.2) is 15.0 Å². The van der Waals surface area contributed by atoms with E-state index < -0.39 is 18.0 Å². The molecule has 2 aromatic carbocycles. The second-order valence-corrected chi connectivity index (χ2v) is 8.57. The summed E-state index contributed by atoms with van der Waals surface area (Å²) in [5.74, 6) is 1.18. The predicted octanol–water partition coefficient (Wildman–Crippen LogP) is 5.35. The fraction of sp³-hybridized carbons (Fsp3) is 0.208. The molecule has 33 heavy (non-hydrogen) atoms. The number of benzene rings is 2. The smallest absolute Gasteiger partial charge is 0.363 e. The Labute approximate surface area is 192 Å². The predicted molar refractivity (Wildman–Crippen MR) is 125 cm³/mol. The lowest BCUT2D eigenvalue weighted by atomic mass is 10.0. The molecule has 0 saturated heterocycles. The zero-order chi connectivity index (χ0) is 23.0. The van der Waals surface area contributed by atoms with Gasteiger partial charge in [0.2, 0.25) is 6.29 Å². The van der Waals surface area contributed by atoms with Crippen LogP contribution in [0.15, 0.2) is 81.0 Å². The van der Waals surface area contributed by atoms with Gasteiger partial charge < -0.3 is 10.6 Å². The van der Waals surface area contributed by atoms with Crippen LogP contribution in [0.2, 0.25) is 0 Å². The van der Waals surface area contributed by atoms with Crippen molar-refractivity contribution in [1.82, 2.24) is 10.6 Å². The number of hydrogen-bond donors (Lipinski definition) is 2. The largest absolute Gasteiger partial charge is 0.417 e. The highest BCUT2D eigenvalue weighted by atomic mass is 32.1. The van der Waals surface area contributed by atoms with Crippen molar-refractivity contribution < 1.29 is 13.2 Å². The van der Waals surface area contributed by atoms with E-state index in [4.69, 9.17) is 4.99 Å². The number of alkyl halides is 3. The molecule has 0 fully saturated rings. The van der Waals surface area contributed by atoms with Gasteiger partial charge in [-0.1, -0.05) is 55.5 Å². The number of halogens is 3. The first-order valence-electron chi connectivity index (χ1n) is 10.5. The summed E-state index contributed by atoms with van der Waals surface area (Å²) in [6, 6.07) is 17.2. The van der Waals surface area contributed by atoms with Gasteiger partial charge in [0.15, 0.2) is 0 Å². The lowest BCUT2D eigenvalue weighted by Crippen LogP contribution is -2.38. The highest BCUT2D eigenvalue weighted by molar-refractivity contribution is 7.12. The standard InChI is InChI=1S/C24H20F3N5S/c1-2-18-14-8-3-4-9-15(14)20(28-18)30-23-31-21(29-22(32-23)19-12-7-13-33-19)16-10-5-6-11-17(16)24(25,26)27/h3-13,18,23H,2H2,1H3,(H,28,30)(H,29,31,32). The van der Waals surface area contributed by atoms with Gasteiger partial charge in [-0.2, -0.15) is 13.2 Å². The molecule has 0 radical (unpaired) electrons. The van der Waals surface area contributed by atoms with Crippen molar-refractivity contribution in [1.29, 1.82) is 0 Å². The van der Waals surface area contributed by atoms with Crippen LogP contribution in [0.4, 0.5) is 13.2 Å². The lowest BCUT2D eigenvalue weighted by molar-refractivity contribution is -0.137. The number of hydrogen-bond acceptors (Lipinski definition) is 5. The summed E-state index contributed by atoms with van der Waals surface area (Å²) in [6.45, 7) is 2.08. The second-order valence-electron chi connectivity index (χ2n) is 7.62. The first-order valence-corrected chi connectivity index (χ1v) is 11.4. The van der Waals surface area contributed by atoms with Crippen LogP contribution in [0.5, 0.6) is 0 Å². The first kappa shape index (κ1) is 21.4. The van der Waals surface area contributed by atoms with E-state index in [0.717, 1.165) is 28.5 Å². The Kier molecular flexibility index (Phi) is 5.49. The van der Waals surface area contributed by atoms with Crippen molar-refractivity contribution in [2.24, 2.45) is 15.0 Å². The summed E-state index contributed by atoms with van der Waals surface area (Å²) in [7, 11) is 0. The molecule has 1 aromatic heterocycles. The van der Waals surface area contributed by atoms with Crippen LogP contribution in [-0.2, 0) is 6.18 Å². The van der Waals surface area contributed by atoms with E-state index >= 15 is 0 Å². The summed E-state index contributed by atoms with van der Waals surface area (Å²) in [5, 5.41) is 8.29. The Morgan fingerprint density at radius 1 is 0.939 bits per heavy atom. The van der Waals surface area contributed by atoms with Crippen LogP contribution in [-0.4, -0.2) is 23.8 Å². The van der Waals surface area contributed by atoms with Crippen LogP contribution < -0.4 is 10.6 Å². The molecule has 5 nitrogen and oxygen atoms in total. The Balaban J connectivity index is 1.60. The minimum atomic E-state index is -4.51. The molecule has 2 unspecified atom stereocenters. The summed E-state index contributed by atoms with van der Waals surface area (Å²) < 4.78 is 41.1. The zero-order valence-electron chi connectivity index (χ0n) is 17.6. The third-order valence-electron chi connectivity index (χ3n) is 5.52. The minimum absolute atomic E-state index is 0.0367. The van der Waals surface area contributed by atoms with Crippen molar-refractivity contribution in [2.45, 2.75) is 31.9 Å². The molecule has 0 bridgehead atoms. The summed E-state index contributed by atoms with van der Waals surface area (Å²) in [4.78, 5) is 14.6. The number of nitrogens with zero attached hydrogens (tertiary/aromatic N) is 3. The lowest BCUT2D eigenvalue weighted by Gasteiger charge is -2.22. The molecule has 0 amide bonds. The number of nitrogens with one attached hydrogen (secondary N) is 2. The molecule has 9 heteroatoms. The summed E-state index contributed by atoms with van der Waals surface area (Å²) in [6.07, 6.45) is -4.56. The van der Waals surface area contributed by atoms with E-state index in [9.17, 15) is 13.2 Å². The molecule has 0 saturated carbocycles. The van der Waals surface area contributed by atoms with Crippen LogP contribution >= 0.6 is 11.3 Å². The highest BCUT2D eigenvalue weighted by Crippen LogP contribution is 2.33. The number of fused-ring (bicyclic) bond motifs is 1. The van der Waals surface area contributed by atoms with Crippen molar-refractivity contribution in [3.8, 4) is 0 Å². The maximum absolute atomic E-state index is 13.7. The Hall–Kier alpha value is -3.46. The van der Waals surface area contributed by atoms with Gasteiger partial charge in [-0.3, -0.25) is 0 Å². The molecular weight excluding hydrogens is 447 g/mol. The molecule has 3 heterocycles. The van der Waals surface area contributed by atoms with E-state index in [-0.39, 0.29) is 17.4 Å². The quantitative estimate of drug-likeness (QED) is 0.544. The molecule has 2 aliphatic heterocycles. The third-order valence-corrected chi connectivity index (χ3v) is 6.40. The average Bonchev–Trinajstić information content (AvgIpc) is 3.47. The van der Waals surface area contributed by atoms with Gasteiger partial charge in [0.05, 0.1) is 16.5 Å². The van der Waals surface area contributed by atoms with Gasteiger partial charge in [-0.05, 0) is 29.5 Å². The molecule has 3 aromatic rings. The van der Waals surface area contributed by atoms with E-state index in [1.54, 1.807) is 6.07 Å². The van der Waals surface area contributed by atoms with Crippen molar-refractivity contribution in [3.63, 3.8) is 0 Å². The van der Waals surface area contributed by atoms with Crippen LogP contribution in [0, 0.1) is 0 Å². The van der Waals surface area contributed by atoms with Gasteiger partial charge in [-0.15, -0.1) is 11.3 Å². The van der Waals surface area contributed by atoms with E-state index in [0.29, 0.717) is 11.7 Å². The van der Waals surface area contributed by atoms with Crippen molar-refractivity contribution in [2.75, 3.05) is 0 Å². The second kappa shape index (κ2) is 8.47. The van der Waals surface area contributed by atoms with Gasteiger partial charge in [0.1, 0.15) is 17.5 Å². The topological polar surface area (TPSA) is 61.1 Å². The monoisotopic (exact) mass is 467 g/mol. The molecule has 5 rings (SSSR count). The fourth-order valence-corrected chi connectivity index (χ4v) is 4.66. The Morgan fingerprint density at radius 2 is 1.67 bits per heavy atom. The van der Waals surface area contributed by atoms with Crippen LogP contribution in [0.25, 0.3) is 0 Å². The zero-order valence-corrected chi connectivity index (χ0v) is 18.4. The minimum Gasteiger partial charge on any atom is -0.363 e. The molecular formula is C24H20F3N5S. The van der Waals surface area contributed by atoms with Gasteiger partial charge in [0, 0.05) is 11.1 Å². The van der Waals surface area contributed by atoms with E-state index in [1.807, 2.05) is 35.7 Å². The molecule has 168 valence electrons. The maximum Gasteiger partial charge on any atom is 0.417 e. The molecule has 0 aliphatic carbocycles. The number of rotatable bonds is 4. The number of thiophene rings is 1. The third kappa shape index (κ3) is 4.16. The van der Waals surface area contributed by atoms with Crippen molar-refractivity contribution in [3.05, 3.63) is 93.2 Å². The first-order chi connectivity index (χ1) is 15.9.